The second kappa shape index (κ2) is 10.8. The molecule has 2 heteroatoms. The fourth-order valence-corrected chi connectivity index (χ4v) is 6.81. The summed E-state index contributed by atoms with van der Waals surface area (Å²) < 4.78 is 6.95. The van der Waals surface area contributed by atoms with Gasteiger partial charge in [0.15, 0.2) is 5.58 Å². The van der Waals surface area contributed by atoms with Gasteiger partial charge in [-0.25, -0.2) is 0 Å². The van der Waals surface area contributed by atoms with Crippen LogP contribution in [0.1, 0.15) is 0 Å². The van der Waals surface area contributed by atoms with Crippen molar-refractivity contribution in [3.05, 3.63) is 176 Å². The van der Waals surface area contributed by atoms with Gasteiger partial charge in [-0.1, -0.05) is 140 Å². The fourth-order valence-electron chi connectivity index (χ4n) is 6.81. The second-order valence-corrected chi connectivity index (χ2v) is 11.7. The van der Waals surface area contributed by atoms with Crippen molar-refractivity contribution < 1.29 is 4.42 Å². The molecule has 0 aliphatic carbocycles. The second-order valence-electron chi connectivity index (χ2n) is 11.7. The summed E-state index contributed by atoms with van der Waals surface area (Å²) in [6.07, 6.45) is 0. The molecule has 1 aromatic heterocycles. The van der Waals surface area contributed by atoms with Gasteiger partial charge < -0.3 is 9.32 Å². The monoisotopic (exact) mass is 587 g/mol. The van der Waals surface area contributed by atoms with Gasteiger partial charge in [-0.15, -0.1) is 0 Å². The summed E-state index contributed by atoms with van der Waals surface area (Å²) in [4.78, 5) is 2.33. The number of anilines is 3. The average Bonchev–Trinajstić information content (AvgIpc) is 3.52. The molecular weight excluding hydrogens is 558 g/mol. The predicted molar refractivity (Wildman–Crippen MR) is 194 cm³/mol. The van der Waals surface area contributed by atoms with E-state index in [4.69, 9.17) is 4.42 Å². The zero-order valence-electron chi connectivity index (χ0n) is 25.1. The van der Waals surface area contributed by atoms with Crippen molar-refractivity contribution in [2.45, 2.75) is 0 Å². The molecule has 1 heterocycles. The molecule has 0 N–H and O–H groups in total. The lowest BCUT2D eigenvalue weighted by atomic mass is 9.95. The van der Waals surface area contributed by atoms with E-state index in [1.165, 1.54) is 38.4 Å². The van der Waals surface area contributed by atoms with Gasteiger partial charge in [-0.3, -0.25) is 0 Å². The van der Waals surface area contributed by atoms with Gasteiger partial charge in [0.25, 0.3) is 0 Å². The number of nitrogens with zero attached hydrogens (tertiary/aromatic N) is 1. The Hall–Kier alpha value is -6.12. The van der Waals surface area contributed by atoms with E-state index in [1.54, 1.807) is 0 Å². The molecule has 0 bridgehead atoms. The van der Waals surface area contributed by atoms with Gasteiger partial charge in [-0.05, 0) is 74.8 Å². The van der Waals surface area contributed by atoms with Crippen LogP contribution < -0.4 is 4.90 Å². The zero-order chi connectivity index (χ0) is 30.5. The Morgan fingerprint density at radius 2 is 0.935 bits per heavy atom. The van der Waals surface area contributed by atoms with E-state index >= 15 is 0 Å². The van der Waals surface area contributed by atoms with Crippen LogP contribution in [0.4, 0.5) is 17.1 Å². The lowest BCUT2D eigenvalue weighted by molar-refractivity contribution is 0.673. The Morgan fingerprint density at radius 3 is 1.72 bits per heavy atom. The third-order valence-electron chi connectivity index (χ3n) is 9.03. The summed E-state index contributed by atoms with van der Waals surface area (Å²) in [6, 6.07) is 62.6. The lowest BCUT2D eigenvalue weighted by Crippen LogP contribution is -2.10. The van der Waals surface area contributed by atoms with Crippen molar-refractivity contribution in [3.8, 4) is 22.3 Å². The Morgan fingerprint density at radius 1 is 0.348 bits per heavy atom. The average molecular weight is 588 g/mol. The highest BCUT2D eigenvalue weighted by Crippen LogP contribution is 2.45. The highest BCUT2D eigenvalue weighted by Gasteiger charge is 2.21. The van der Waals surface area contributed by atoms with Gasteiger partial charge in [-0.2, -0.15) is 0 Å². The molecule has 0 fully saturated rings. The number of para-hydroxylation sites is 1. The molecule has 46 heavy (non-hydrogen) atoms. The van der Waals surface area contributed by atoms with Crippen LogP contribution in [0, 0.1) is 0 Å². The van der Waals surface area contributed by atoms with Crippen LogP contribution in [-0.2, 0) is 0 Å². The molecule has 0 aliphatic rings. The quantitative estimate of drug-likeness (QED) is 0.199. The molecule has 0 atom stereocenters. The van der Waals surface area contributed by atoms with Gasteiger partial charge in [0.05, 0.1) is 5.69 Å². The SMILES string of the molecule is c1ccc(-c2ccc(N(c3ccc4ccccc4c3)c3cccc4c3oc3c5ccccc5c(-c5ccccc5)cc43)cc2)cc1. The van der Waals surface area contributed by atoms with Crippen LogP contribution in [0.5, 0.6) is 0 Å². The lowest BCUT2D eigenvalue weighted by Gasteiger charge is -2.26. The first-order chi connectivity index (χ1) is 22.8. The third-order valence-corrected chi connectivity index (χ3v) is 9.03. The molecule has 0 aliphatic heterocycles. The normalized spacial score (nSPS) is 11.5. The highest BCUT2D eigenvalue weighted by atomic mass is 16.3. The smallest absolute Gasteiger partial charge is 0.159 e. The maximum atomic E-state index is 6.95. The van der Waals surface area contributed by atoms with Gasteiger partial charge >= 0.3 is 0 Å². The van der Waals surface area contributed by atoms with Crippen molar-refractivity contribution in [3.63, 3.8) is 0 Å². The van der Waals surface area contributed by atoms with Crippen molar-refractivity contribution in [1.82, 2.24) is 0 Å². The molecule has 0 radical (unpaired) electrons. The highest BCUT2D eigenvalue weighted by molar-refractivity contribution is 6.21. The van der Waals surface area contributed by atoms with Crippen molar-refractivity contribution in [2.24, 2.45) is 0 Å². The van der Waals surface area contributed by atoms with E-state index in [-0.39, 0.29) is 0 Å². The van der Waals surface area contributed by atoms with E-state index in [0.29, 0.717) is 0 Å². The van der Waals surface area contributed by atoms with Crippen molar-refractivity contribution in [1.29, 1.82) is 0 Å². The number of hydrogen-bond donors (Lipinski definition) is 0. The zero-order valence-corrected chi connectivity index (χ0v) is 25.1. The maximum Gasteiger partial charge on any atom is 0.159 e. The number of hydrogen-bond acceptors (Lipinski definition) is 2. The Labute approximate surface area is 267 Å². The summed E-state index contributed by atoms with van der Waals surface area (Å²) in [7, 11) is 0. The molecule has 216 valence electrons. The van der Waals surface area contributed by atoms with Crippen LogP contribution >= 0.6 is 0 Å². The molecule has 0 amide bonds. The summed E-state index contributed by atoms with van der Waals surface area (Å²) in [5, 5.41) is 6.93. The summed E-state index contributed by atoms with van der Waals surface area (Å²) in [5.74, 6) is 0. The van der Waals surface area contributed by atoms with Gasteiger partial charge in [0.1, 0.15) is 5.58 Å². The Bertz CT molecular complexity index is 2510. The van der Waals surface area contributed by atoms with E-state index in [9.17, 15) is 0 Å². The largest absolute Gasteiger partial charge is 0.453 e. The van der Waals surface area contributed by atoms with Crippen LogP contribution in [0.3, 0.4) is 0 Å². The van der Waals surface area contributed by atoms with E-state index in [1.807, 2.05) is 0 Å². The fraction of sp³-hybridized carbons (Fsp3) is 0. The summed E-state index contributed by atoms with van der Waals surface area (Å²) in [5.41, 5.74) is 9.72. The van der Waals surface area contributed by atoms with Crippen LogP contribution in [0.15, 0.2) is 180 Å². The molecule has 0 saturated heterocycles. The minimum atomic E-state index is 0.869. The molecule has 0 spiro atoms. The predicted octanol–water partition coefficient (Wildman–Crippen LogP) is 12.7. The number of benzene rings is 8. The molecule has 8 aromatic carbocycles. The van der Waals surface area contributed by atoms with E-state index < -0.39 is 0 Å². The minimum absolute atomic E-state index is 0.869. The van der Waals surface area contributed by atoms with Crippen LogP contribution in [0.2, 0.25) is 0 Å². The molecule has 2 nitrogen and oxygen atoms in total. The molecular formula is C44H29NO. The topological polar surface area (TPSA) is 16.4 Å². The molecule has 0 unspecified atom stereocenters. The minimum Gasteiger partial charge on any atom is -0.453 e. The first kappa shape index (κ1) is 26.3. The van der Waals surface area contributed by atoms with Crippen molar-refractivity contribution >= 4 is 60.5 Å². The van der Waals surface area contributed by atoms with E-state index in [2.05, 4.69) is 181 Å². The first-order valence-corrected chi connectivity index (χ1v) is 15.7. The third kappa shape index (κ3) is 4.35. The van der Waals surface area contributed by atoms with Crippen molar-refractivity contribution in [2.75, 3.05) is 4.90 Å². The van der Waals surface area contributed by atoms with Gasteiger partial charge in [0, 0.05) is 27.5 Å². The maximum absolute atomic E-state index is 6.95. The van der Waals surface area contributed by atoms with Crippen LogP contribution in [-0.4, -0.2) is 0 Å². The summed E-state index contributed by atoms with van der Waals surface area (Å²) >= 11 is 0. The standard InChI is InChI=1S/C44H29NO/c1-3-12-30(13-4-1)32-22-25-35(26-23-32)45(36-27-24-31-14-7-8-17-34(31)28-36)42-21-11-20-39-41-29-40(33-15-5-2-6-16-33)37-18-9-10-19-38(37)43(41)46-44(39)42/h1-29H. The molecule has 0 saturated carbocycles. The number of furan rings is 1. The van der Waals surface area contributed by atoms with E-state index in [0.717, 1.165) is 44.4 Å². The Balaban J connectivity index is 1.30. The molecule has 9 rings (SSSR count). The molecule has 9 aromatic rings. The van der Waals surface area contributed by atoms with Crippen LogP contribution in [0.25, 0.3) is 65.7 Å². The first-order valence-electron chi connectivity index (χ1n) is 15.7. The van der Waals surface area contributed by atoms with Gasteiger partial charge in [0.2, 0.25) is 0 Å². The number of fused-ring (bicyclic) bond motifs is 6. The number of rotatable bonds is 5. The summed E-state index contributed by atoms with van der Waals surface area (Å²) in [6.45, 7) is 0. The Kier molecular flexibility index (Phi) is 6.17.